The Balaban J connectivity index is 4.02. The van der Waals surface area contributed by atoms with E-state index in [-0.39, 0.29) is 0 Å². The molecular weight excluding hydrogens is 176 g/mol. The van der Waals surface area contributed by atoms with E-state index in [4.69, 9.17) is 0 Å². The fraction of sp³-hybridized carbons (Fsp3) is 0.667. The van der Waals surface area contributed by atoms with E-state index >= 15 is 0 Å². The zero-order chi connectivity index (χ0) is 11.2. The van der Waals surface area contributed by atoms with Crippen molar-refractivity contribution in [2.45, 2.75) is 50.7 Å². The first kappa shape index (κ1) is 13.4. The van der Waals surface area contributed by atoms with Crippen LogP contribution >= 0.6 is 0 Å². The van der Waals surface area contributed by atoms with E-state index in [1.165, 1.54) is 0 Å². The third-order valence-corrected chi connectivity index (χ3v) is 2.37. The Morgan fingerprint density at radius 1 is 0.929 bits per heavy atom. The van der Waals surface area contributed by atoms with E-state index in [0.717, 1.165) is 0 Å². The maximum atomic E-state index is 9.84. The molecule has 2 N–H and O–H groups in total. The lowest BCUT2D eigenvalue weighted by molar-refractivity contribution is 0.000530. The average Bonchev–Trinajstić information content (AvgIpc) is 2.01. The zero-order valence-corrected chi connectivity index (χ0v) is 9.29. The smallest absolute Gasteiger partial charge is 0.0655 e. The summed E-state index contributed by atoms with van der Waals surface area (Å²) in [4.78, 5) is 0. The van der Waals surface area contributed by atoms with Crippen LogP contribution in [0.1, 0.15) is 39.5 Å². The van der Waals surface area contributed by atoms with E-state index in [1.807, 2.05) is 0 Å². The van der Waals surface area contributed by atoms with Crippen LogP contribution in [-0.4, -0.2) is 21.4 Å². The highest BCUT2D eigenvalue weighted by molar-refractivity contribution is 4.88. The molecule has 0 aromatic rings. The van der Waals surface area contributed by atoms with Gasteiger partial charge in [0.25, 0.3) is 0 Å². The van der Waals surface area contributed by atoms with Gasteiger partial charge in [0.05, 0.1) is 11.2 Å². The topological polar surface area (TPSA) is 40.5 Å². The summed E-state index contributed by atoms with van der Waals surface area (Å²) in [5.74, 6) is 0. The molecule has 0 heterocycles. The summed E-state index contributed by atoms with van der Waals surface area (Å²) in [5, 5.41) is 19.7. The Kier molecular flexibility index (Phi) is 5.09. The highest BCUT2D eigenvalue weighted by Gasteiger charge is 2.25. The van der Waals surface area contributed by atoms with Gasteiger partial charge in [0.15, 0.2) is 0 Å². The Labute approximate surface area is 87.0 Å². The fourth-order valence-corrected chi connectivity index (χ4v) is 1.36. The van der Waals surface area contributed by atoms with Gasteiger partial charge in [0, 0.05) is 0 Å². The molecule has 0 rings (SSSR count). The summed E-state index contributed by atoms with van der Waals surface area (Å²) in [6, 6.07) is 0. The third kappa shape index (κ3) is 5.95. The highest BCUT2D eigenvalue weighted by Crippen LogP contribution is 2.24. The van der Waals surface area contributed by atoms with E-state index in [2.05, 4.69) is 13.2 Å². The van der Waals surface area contributed by atoms with Gasteiger partial charge in [-0.15, -0.1) is 13.2 Å². The second-order valence-corrected chi connectivity index (χ2v) is 4.48. The molecule has 0 saturated carbocycles. The Bertz CT molecular complexity index is 170. The predicted octanol–water partition coefficient (Wildman–Crippen LogP) is 2.42. The summed E-state index contributed by atoms with van der Waals surface area (Å²) in [6.07, 6.45) is 5.64. The monoisotopic (exact) mass is 198 g/mol. The van der Waals surface area contributed by atoms with Crippen molar-refractivity contribution in [3.63, 3.8) is 0 Å². The lowest BCUT2D eigenvalue weighted by Gasteiger charge is -2.28. The molecule has 0 aromatic heterocycles. The van der Waals surface area contributed by atoms with Crippen LogP contribution < -0.4 is 0 Å². The van der Waals surface area contributed by atoms with E-state index < -0.39 is 11.2 Å². The molecule has 0 saturated heterocycles. The summed E-state index contributed by atoms with van der Waals surface area (Å²) >= 11 is 0. The third-order valence-electron chi connectivity index (χ3n) is 2.37. The van der Waals surface area contributed by atoms with Crippen molar-refractivity contribution < 1.29 is 10.2 Å². The second-order valence-electron chi connectivity index (χ2n) is 4.48. The van der Waals surface area contributed by atoms with Gasteiger partial charge in [-0.25, -0.2) is 0 Å². The lowest BCUT2D eigenvalue weighted by atomic mass is 9.88. The number of rotatable bonds is 7. The summed E-state index contributed by atoms with van der Waals surface area (Å²) in [6.45, 7) is 10.7. The molecule has 0 bridgehead atoms. The molecule has 2 heteroatoms. The lowest BCUT2D eigenvalue weighted by Crippen LogP contribution is -2.30. The van der Waals surface area contributed by atoms with Crippen molar-refractivity contribution in [1.29, 1.82) is 0 Å². The summed E-state index contributed by atoms with van der Waals surface area (Å²) < 4.78 is 0. The molecule has 0 aromatic carbocycles. The summed E-state index contributed by atoms with van der Waals surface area (Å²) in [5.41, 5.74) is -1.51. The minimum atomic E-state index is -0.757. The summed E-state index contributed by atoms with van der Waals surface area (Å²) in [7, 11) is 0. The molecule has 0 aliphatic heterocycles. The maximum Gasteiger partial charge on any atom is 0.0655 e. The first-order chi connectivity index (χ1) is 6.33. The normalized spacial score (nSPS) is 19.4. The predicted molar refractivity (Wildman–Crippen MR) is 60.1 cm³/mol. The number of hydrogen-bond donors (Lipinski definition) is 2. The van der Waals surface area contributed by atoms with Gasteiger partial charge >= 0.3 is 0 Å². The van der Waals surface area contributed by atoms with Gasteiger partial charge in [-0.2, -0.15) is 0 Å². The molecule has 0 amide bonds. The molecule has 0 aliphatic carbocycles. The van der Waals surface area contributed by atoms with Crippen molar-refractivity contribution >= 4 is 0 Å². The van der Waals surface area contributed by atoms with Crippen LogP contribution in [-0.2, 0) is 0 Å². The van der Waals surface area contributed by atoms with Gasteiger partial charge in [0.1, 0.15) is 0 Å². The number of hydrogen-bond acceptors (Lipinski definition) is 2. The molecule has 14 heavy (non-hydrogen) atoms. The second kappa shape index (κ2) is 5.32. The molecule has 0 fully saturated rings. The molecule has 0 spiro atoms. The van der Waals surface area contributed by atoms with Gasteiger partial charge in [-0.3, -0.25) is 0 Å². The first-order valence-corrected chi connectivity index (χ1v) is 4.99. The van der Waals surface area contributed by atoms with Crippen LogP contribution in [0.2, 0.25) is 0 Å². The molecule has 2 nitrogen and oxygen atoms in total. The van der Waals surface area contributed by atoms with Gasteiger partial charge < -0.3 is 10.2 Å². The van der Waals surface area contributed by atoms with Crippen molar-refractivity contribution in [1.82, 2.24) is 0 Å². The van der Waals surface area contributed by atoms with Crippen molar-refractivity contribution in [3.8, 4) is 0 Å². The standard InChI is InChI=1S/C12H22O2/c1-5-7-11(3,13)9-10-12(4,14)8-6-2/h5-6,13-14H,1-2,7-10H2,3-4H3/t11-,12-/m1/s1. The average molecular weight is 198 g/mol. The molecule has 0 radical (unpaired) electrons. The van der Waals surface area contributed by atoms with Gasteiger partial charge in [0.2, 0.25) is 0 Å². The molecule has 0 unspecified atom stereocenters. The van der Waals surface area contributed by atoms with Crippen LogP contribution in [0.25, 0.3) is 0 Å². The van der Waals surface area contributed by atoms with E-state index in [0.29, 0.717) is 25.7 Å². The van der Waals surface area contributed by atoms with Crippen LogP contribution in [0, 0.1) is 0 Å². The Morgan fingerprint density at radius 2 is 1.21 bits per heavy atom. The minimum absolute atomic E-state index is 0.553. The fourth-order valence-electron chi connectivity index (χ4n) is 1.36. The van der Waals surface area contributed by atoms with Crippen LogP contribution in [0.3, 0.4) is 0 Å². The highest BCUT2D eigenvalue weighted by atomic mass is 16.3. The van der Waals surface area contributed by atoms with E-state index in [1.54, 1.807) is 26.0 Å². The molecule has 2 atom stereocenters. The zero-order valence-electron chi connectivity index (χ0n) is 9.29. The first-order valence-electron chi connectivity index (χ1n) is 4.99. The van der Waals surface area contributed by atoms with Crippen molar-refractivity contribution in [2.24, 2.45) is 0 Å². The molecule has 82 valence electrons. The van der Waals surface area contributed by atoms with Crippen molar-refractivity contribution in [3.05, 3.63) is 25.3 Å². The van der Waals surface area contributed by atoms with Crippen molar-refractivity contribution in [2.75, 3.05) is 0 Å². The maximum absolute atomic E-state index is 9.84. The SMILES string of the molecule is C=CC[C@@](C)(O)CC[C@](C)(O)CC=C. The quantitative estimate of drug-likeness (QED) is 0.617. The van der Waals surface area contributed by atoms with E-state index in [9.17, 15) is 10.2 Å². The Hall–Kier alpha value is -0.600. The molecular formula is C12H22O2. The van der Waals surface area contributed by atoms with Crippen LogP contribution in [0.5, 0.6) is 0 Å². The number of aliphatic hydroxyl groups is 2. The van der Waals surface area contributed by atoms with Crippen LogP contribution in [0.15, 0.2) is 25.3 Å². The largest absolute Gasteiger partial charge is 0.390 e. The minimum Gasteiger partial charge on any atom is -0.390 e. The van der Waals surface area contributed by atoms with Gasteiger partial charge in [-0.1, -0.05) is 12.2 Å². The molecule has 0 aliphatic rings. The van der Waals surface area contributed by atoms with Gasteiger partial charge in [-0.05, 0) is 39.5 Å². The Morgan fingerprint density at radius 3 is 1.43 bits per heavy atom. The van der Waals surface area contributed by atoms with Crippen LogP contribution in [0.4, 0.5) is 0 Å².